The van der Waals surface area contributed by atoms with Crippen LogP contribution in [-0.2, 0) is 14.4 Å². The lowest BCUT2D eigenvalue weighted by Gasteiger charge is -1.98. The maximum absolute atomic E-state index is 11.2. The van der Waals surface area contributed by atoms with Crippen LogP contribution >= 0.6 is 0 Å². The van der Waals surface area contributed by atoms with Crippen molar-refractivity contribution < 1.29 is 24.2 Å². The molecule has 0 aromatic carbocycles. The summed E-state index contributed by atoms with van der Waals surface area (Å²) in [4.78, 5) is 34.6. The highest BCUT2D eigenvalue weighted by molar-refractivity contribution is 5.80. The highest BCUT2D eigenvalue weighted by atomic mass is 16.8. The number of carbonyl (C=O) groups is 1. The van der Waals surface area contributed by atoms with Crippen LogP contribution in [-0.4, -0.2) is 46.4 Å². The van der Waals surface area contributed by atoms with E-state index >= 15 is 0 Å². The predicted molar refractivity (Wildman–Crippen MR) is 46.0 cm³/mol. The molecule has 0 spiro atoms. The topological polar surface area (TPSA) is 125 Å². The third kappa shape index (κ3) is 1.39. The number of rotatable bonds is 5. The average Bonchev–Trinajstić information content (AvgIpc) is 2.87. The molecule has 10 nitrogen and oxygen atoms in total. The molecule has 10 heteroatoms. The van der Waals surface area contributed by atoms with Gasteiger partial charge >= 0.3 is 17.8 Å². The zero-order valence-corrected chi connectivity index (χ0v) is 8.48. The van der Waals surface area contributed by atoms with Gasteiger partial charge in [0.2, 0.25) is 0 Å². The van der Waals surface area contributed by atoms with E-state index < -0.39 is 27.6 Å². The SMILES string of the molecule is CCOC(=O)C1N(OC)C1([N+](=O)[O-])[N+](=O)[O-]. The number of nitro groups is 2. The van der Waals surface area contributed by atoms with Crippen molar-refractivity contribution in [3.63, 3.8) is 0 Å². The Morgan fingerprint density at radius 3 is 2.19 bits per heavy atom. The lowest BCUT2D eigenvalue weighted by Crippen LogP contribution is -2.40. The second-order valence-corrected chi connectivity index (χ2v) is 2.86. The number of nitrogens with zero attached hydrogens (tertiary/aromatic N) is 3. The highest BCUT2D eigenvalue weighted by Crippen LogP contribution is 2.42. The number of esters is 1. The summed E-state index contributed by atoms with van der Waals surface area (Å²) in [6, 6.07) is -1.65. The van der Waals surface area contributed by atoms with E-state index in [1.54, 1.807) is 0 Å². The minimum Gasteiger partial charge on any atom is -0.464 e. The van der Waals surface area contributed by atoms with Crippen LogP contribution in [0.25, 0.3) is 0 Å². The Morgan fingerprint density at radius 2 is 1.94 bits per heavy atom. The predicted octanol–water partition coefficient (Wildman–Crippen LogP) is -0.998. The summed E-state index contributed by atoms with van der Waals surface area (Å²) in [5.41, 5.74) is 0. The van der Waals surface area contributed by atoms with Crippen molar-refractivity contribution in [3.05, 3.63) is 20.2 Å². The van der Waals surface area contributed by atoms with Crippen molar-refractivity contribution in [2.45, 2.75) is 18.8 Å². The summed E-state index contributed by atoms with van der Waals surface area (Å²) in [6.45, 7) is 1.45. The van der Waals surface area contributed by atoms with E-state index in [2.05, 4.69) is 9.57 Å². The first-order valence-electron chi connectivity index (χ1n) is 4.23. The zero-order valence-electron chi connectivity index (χ0n) is 8.48. The van der Waals surface area contributed by atoms with Crippen LogP contribution in [0.15, 0.2) is 0 Å². The van der Waals surface area contributed by atoms with E-state index in [0.717, 1.165) is 7.11 Å². The number of ether oxygens (including phenoxy) is 1. The first-order valence-corrected chi connectivity index (χ1v) is 4.23. The molecule has 1 aliphatic heterocycles. The zero-order chi connectivity index (χ0) is 12.5. The smallest absolute Gasteiger partial charge is 0.464 e. The van der Waals surface area contributed by atoms with Crippen molar-refractivity contribution in [3.8, 4) is 0 Å². The third-order valence-electron chi connectivity index (χ3n) is 2.10. The summed E-state index contributed by atoms with van der Waals surface area (Å²) in [6.07, 6.45) is 0. The molecule has 0 radical (unpaired) electrons. The largest absolute Gasteiger partial charge is 0.574 e. The first kappa shape index (κ1) is 12.3. The van der Waals surface area contributed by atoms with Gasteiger partial charge in [-0.15, -0.1) is 0 Å². The van der Waals surface area contributed by atoms with Crippen molar-refractivity contribution >= 4 is 5.97 Å². The van der Waals surface area contributed by atoms with Gasteiger partial charge in [0.1, 0.15) is 9.85 Å². The number of hydrogen-bond acceptors (Lipinski definition) is 8. The van der Waals surface area contributed by atoms with E-state index in [1.165, 1.54) is 6.92 Å². The van der Waals surface area contributed by atoms with Gasteiger partial charge in [-0.25, -0.2) is 4.79 Å². The molecular weight excluding hydrogens is 226 g/mol. The third-order valence-corrected chi connectivity index (χ3v) is 2.10. The van der Waals surface area contributed by atoms with Gasteiger partial charge in [-0.05, 0) is 12.0 Å². The van der Waals surface area contributed by atoms with Crippen LogP contribution in [0.2, 0.25) is 0 Å². The van der Waals surface area contributed by atoms with Crippen LogP contribution in [0.5, 0.6) is 0 Å². The molecule has 0 saturated carbocycles. The number of hydroxylamine groups is 2. The van der Waals surface area contributed by atoms with Crippen molar-refractivity contribution in [1.82, 2.24) is 5.06 Å². The Kier molecular flexibility index (Phi) is 3.05. The van der Waals surface area contributed by atoms with Gasteiger partial charge in [-0.1, -0.05) is 0 Å². The molecule has 0 amide bonds. The van der Waals surface area contributed by atoms with Gasteiger partial charge in [-0.2, -0.15) is 0 Å². The summed E-state index contributed by atoms with van der Waals surface area (Å²) < 4.78 is 4.48. The Balaban J connectivity index is 2.99. The molecule has 90 valence electrons. The fraction of sp³-hybridized carbons (Fsp3) is 0.833. The van der Waals surface area contributed by atoms with Crippen LogP contribution in [0.4, 0.5) is 0 Å². The van der Waals surface area contributed by atoms with Crippen LogP contribution in [0, 0.1) is 20.2 Å². The molecule has 1 heterocycles. The molecule has 0 aromatic rings. The molecule has 0 aromatic heterocycles. The molecule has 1 aliphatic rings. The summed E-state index contributed by atoms with van der Waals surface area (Å²) in [5, 5.41) is 21.7. The van der Waals surface area contributed by atoms with Crippen molar-refractivity contribution in [2.24, 2.45) is 0 Å². The standard InChI is InChI=1S/C6H9N3O7/c1-3-16-5(10)4-6(8(11)12,9(13)14)7(4)15-2/h4H,3H2,1-2H3. The number of carbonyl (C=O) groups excluding carboxylic acids is 1. The molecule has 1 rings (SSSR count). The maximum atomic E-state index is 11.2. The Bertz CT molecular complexity index is 329. The molecule has 0 N–H and O–H groups in total. The molecule has 2 unspecified atom stereocenters. The van der Waals surface area contributed by atoms with E-state index in [0.29, 0.717) is 5.06 Å². The Morgan fingerprint density at radius 1 is 1.44 bits per heavy atom. The van der Waals surface area contributed by atoms with Gasteiger partial charge in [0.15, 0.2) is 0 Å². The minimum absolute atomic E-state index is 0.0294. The second-order valence-electron chi connectivity index (χ2n) is 2.86. The monoisotopic (exact) mass is 235 g/mol. The Hall–Kier alpha value is -1.81. The molecular formula is C6H9N3O7. The van der Waals surface area contributed by atoms with E-state index in [1.807, 2.05) is 0 Å². The fourth-order valence-corrected chi connectivity index (χ4v) is 1.39. The van der Waals surface area contributed by atoms with Crippen molar-refractivity contribution in [2.75, 3.05) is 13.7 Å². The molecule has 2 atom stereocenters. The van der Waals surface area contributed by atoms with E-state index in [9.17, 15) is 25.0 Å². The average molecular weight is 235 g/mol. The summed E-state index contributed by atoms with van der Waals surface area (Å²) in [7, 11) is 1.00. The van der Waals surface area contributed by atoms with Gasteiger partial charge in [0.25, 0.3) is 0 Å². The minimum atomic E-state index is -2.76. The first-order chi connectivity index (χ1) is 7.44. The highest BCUT2D eigenvalue weighted by Gasteiger charge is 2.92. The van der Waals surface area contributed by atoms with E-state index in [-0.39, 0.29) is 6.61 Å². The molecule has 0 aliphatic carbocycles. The molecule has 0 bridgehead atoms. The van der Waals surface area contributed by atoms with Gasteiger partial charge in [-0.3, -0.25) is 25.1 Å². The van der Waals surface area contributed by atoms with Crippen LogP contribution in [0.3, 0.4) is 0 Å². The molecule has 1 fully saturated rings. The lowest BCUT2D eigenvalue weighted by molar-refractivity contribution is -0.784. The van der Waals surface area contributed by atoms with Gasteiger partial charge < -0.3 is 4.74 Å². The number of hydrogen-bond donors (Lipinski definition) is 0. The fourth-order valence-electron chi connectivity index (χ4n) is 1.39. The normalized spacial score (nSPS) is 25.9. The van der Waals surface area contributed by atoms with Crippen LogP contribution in [0.1, 0.15) is 6.92 Å². The quantitative estimate of drug-likeness (QED) is 0.195. The second kappa shape index (κ2) is 3.98. The molecule has 16 heavy (non-hydrogen) atoms. The Labute approximate surface area is 89.0 Å². The summed E-state index contributed by atoms with van der Waals surface area (Å²) in [5.74, 6) is -3.82. The van der Waals surface area contributed by atoms with Gasteiger partial charge in [0, 0.05) is 0 Å². The maximum Gasteiger partial charge on any atom is 0.574 e. The summed E-state index contributed by atoms with van der Waals surface area (Å²) >= 11 is 0. The van der Waals surface area contributed by atoms with Crippen LogP contribution < -0.4 is 0 Å². The van der Waals surface area contributed by atoms with E-state index in [4.69, 9.17) is 0 Å². The van der Waals surface area contributed by atoms with Crippen molar-refractivity contribution in [1.29, 1.82) is 0 Å². The molecule has 1 saturated heterocycles. The van der Waals surface area contributed by atoms with Gasteiger partial charge in [0.05, 0.1) is 13.7 Å². The lowest BCUT2D eigenvalue weighted by atomic mass is 10.3.